The Morgan fingerprint density at radius 2 is 1.78 bits per heavy atom. The smallest absolute Gasteiger partial charge is 0.243 e. The SMILES string of the molecule is CN(C)Cc1cc2c(o1)CCN(S(=O)(=O)c1ccc(/C=C\c3cccc(Cl)c3)cc1)C2.Cl. The molecule has 0 bridgehead atoms. The fourth-order valence-electron chi connectivity index (χ4n) is 3.67. The van der Waals surface area contributed by atoms with Crippen LogP contribution in [-0.4, -0.2) is 38.3 Å². The summed E-state index contributed by atoms with van der Waals surface area (Å²) in [6, 6.07) is 16.5. The Bertz CT molecular complexity index is 1200. The van der Waals surface area contributed by atoms with Crippen molar-refractivity contribution in [3.8, 4) is 0 Å². The molecule has 1 aromatic heterocycles. The van der Waals surface area contributed by atoms with E-state index in [0.29, 0.717) is 36.0 Å². The van der Waals surface area contributed by atoms with E-state index in [-0.39, 0.29) is 12.4 Å². The quantitative estimate of drug-likeness (QED) is 0.436. The van der Waals surface area contributed by atoms with Crippen LogP contribution in [0, 0.1) is 0 Å². The van der Waals surface area contributed by atoms with Gasteiger partial charge in [0, 0.05) is 30.1 Å². The summed E-state index contributed by atoms with van der Waals surface area (Å²) in [7, 11) is 0.388. The summed E-state index contributed by atoms with van der Waals surface area (Å²) < 4.78 is 33.7. The summed E-state index contributed by atoms with van der Waals surface area (Å²) in [6.45, 7) is 1.45. The van der Waals surface area contributed by atoms with Crippen LogP contribution in [0.2, 0.25) is 5.02 Å². The summed E-state index contributed by atoms with van der Waals surface area (Å²) in [5.41, 5.74) is 2.86. The maximum atomic E-state index is 13.2. The van der Waals surface area contributed by atoms with Crippen molar-refractivity contribution in [2.75, 3.05) is 20.6 Å². The fourth-order valence-corrected chi connectivity index (χ4v) is 5.28. The molecule has 4 rings (SSSR count). The molecule has 0 fully saturated rings. The van der Waals surface area contributed by atoms with Crippen LogP contribution in [0.15, 0.2) is 63.9 Å². The topological polar surface area (TPSA) is 53.8 Å². The standard InChI is InChI=1S/C24H25ClN2O3S.ClH/c1-26(2)17-22-15-20-16-27(13-12-24(20)30-22)31(28,29)23-10-8-18(9-11-23)6-7-19-4-3-5-21(25)14-19;/h3-11,14-15H,12-13,16-17H2,1-2H3;1H/b7-6-;. The Morgan fingerprint density at radius 1 is 1.06 bits per heavy atom. The van der Waals surface area contributed by atoms with Crippen molar-refractivity contribution >= 4 is 46.2 Å². The van der Waals surface area contributed by atoms with Crippen LogP contribution in [0.3, 0.4) is 0 Å². The van der Waals surface area contributed by atoms with Crippen molar-refractivity contribution in [2.45, 2.75) is 24.4 Å². The lowest BCUT2D eigenvalue weighted by molar-refractivity contribution is 0.325. The van der Waals surface area contributed by atoms with Gasteiger partial charge in [-0.15, -0.1) is 12.4 Å². The van der Waals surface area contributed by atoms with Gasteiger partial charge in [0.25, 0.3) is 0 Å². The minimum Gasteiger partial charge on any atom is -0.464 e. The molecule has 0 aliphatic carbocycles. The second-order valence-electron chi connectivity index (χ2n) is 7.94. The average Bonchev–Trinajstić information content (AvgIpc) is 3.13. The minimum atomic E-state index is -3.57. The molecule has 1 aliphatic heterocycles. The predicted octanol–water partition coefficient (Wildman–Crippen LogP) is 5.33. The Balaban J connectivity index is 0.00000289. The molecule has 0 saturated carbocycles. The van der Waals surface area contributed by atoms with Crippen molar-refractivity contribution < 1.29 is 12.8 Å². The zero-order valence-electron chi connectivity index (χ0n) is 18.0. The maximum absolute atomic E-state index is 13.2. The van der Waals surface area contributed by atoms with Gasteiger partial charge in [-0.05, 0) is 55.6 Å². The highest BCUT2D eigenvalue weighted by atomic mass is 35.5. The third-order valence-electron chi connectivity index (χ3n) is 5.19. The van der Waals surface area contributed by atoms with Crippen molar-refractivity contribution in [1.29, 1.82) is 0 Å². The number of furan rings is 1. The maximum Gasteiger partial charge on any atom is 0.243 e. The number of hydrogen-bond acceptors (Lipinski definition) is 4. The lowest BCUT2D eigenvalue weighted by Crippen LogP contribution is -2.35. The van der Waals surface area contributed by atoms with E-state index >= 15 is 0 Å². The monoisotopic (exact) mass is 492 g/mol. The highest BCUT2D eigenvalue weighted by Crippen LogP contribution is 2.28. The van der Waals surface area contributed by atoms with E-state index in [1.54, 1.807) is 12.1 Å². The summed E-state index contributed by atoms with van der Waals surface area (Å²) >= 11 is 6.01. The summed E-state index contributed by atoms with van der Waals surface area (Å²) in [5.74, 6) is 1.76. The lowest BCUT2D eigenvalue weighted by Gasteiger charge is -2.25. The van der Waals surface area contributed by atoms with Gasteiger partial charge in [-0.2, -0.15) is 4.31 Å². The molecule has 3 aromatic rings. The van der Waals surface area contributed by atoms with Crippen molar-refractivity contribution in [3.05, 3.63) is 87.8 Å². The Labute approximate surface area is 200 Å². The van der Waals surface area contributed by atoms with Crippen molar-refractivity contribution in [3.63, 3.8) is 0 Å². The Hall–Kier alpha value is -2.09. The zero-order chi connectivity index (χ0) is 22.0. The van der Waals surface area contributed by atoms with Gasteiger partial charge in [-0.1, -0.05) is 48.0 Å². The Morgan fingerprint density at radius 3 is 2.47 bits per heavy atom. The number of fused-ring (bicyclic) bond motifs is 1. The number of sulfonamides is 1. The highest BCUT2D eigenvalue weighted by Gasteiger charge is 2.30. The molecule has 32 heavy (non-hydrogen) atoms. The van der Waals surface area contributed by atoms with Gasteiger partial charge in [0.1, 0.15) is 11.5 Å². The number of hydrogen-bond donors (Lipinski definition) is 0. The van der Waals surface area contributed by atoms with Gasteiger partial charge in [0.2, 0.25) is 10.0 Å². The van der Waals surface area contributed by atoms with Gasteiger partial charge in [-0.25, -0.2) is 8.42 Å². The molecule has 0 amide bonds. The summed E-state index contributed by atoms with van der Waals surface area (Å²) in [5, 5.41) is 0.680. The predicted molar refractivity (Wildman–Crippen MR) is 131 cm³/mol. The molecule has 0 radical (unpaired) electrons. The third-order valence-corrected chi connectivity index (χ3v) is 7.28. The molecule has 0 N–H and O–H groups in total. The largest absolute Gasteiger partial charge is 0.464 e. The van der Waals surface area contributed by atoms with E-state index in [4.69, 9.17) is 16.0 Å². The van der Waals surface area contributed by atoms with Gasteiger partial charge >= 0.3 is 0 Å². The van der Waals surface area contributed by atoms with Crippen LogP contribution < -0.4 is 0 Å². The number of benzene rings is 2. The third kappa shape index (κ3) is 5.63. The van der Waals surface area contributed by atoms with E-state index in [1.807, 2.05) is 73.6 Å². The van der Waals surface area contributed by atoms with Gasteiger partial charge in [0.05, 0.1) is 11.4 Å². The second-order valence-corrected chi connectivity index (χ2v) is 10.3. The van der Waals surface area contributed by atoms with Crippen LogP contribution in [-0.2, 0) is 29.5 Å². The molecular weight excluding hydrogens is 467 g/mol. The van der Waals surface area contributed by atoms with E-state index in [1.165, 1.54) is 4.31 Å². The number of nitrogens with zero attached hydrogens (tertiary/aromatic N) is 2. The Kier molecular flexibility index (Phi) is 7.85. The zero-order valence-corrected chi connectivity index (χ0v) is 20.4. The second kappa shape index (κ2) is 10.2. The van der Waals surface area contributed by atoms with Gasteiger partial charge < -0.3 is 9.32 Å². The van der Waals surface area contributed by atoms with Crippen LogP contribution in [0.25, 0.3) is 12.2 Å². The molecule has 0 saturated heterocycles. The first-order chi connectivity index (χ1) is 14.8. The molecule has 5 nitrogen and oxygen atoms in total. The average molecular weight is 493 g/mol. The van der Waals surface area contributed by atoms with E-state index in [0.717, 1.165) is 28.2 Å². The van der Waals surface area contributed by atoms with Crippen LogP contribution in [0.5, 0.6) is 0 Å². The molecule has 0 spiro atoms. The minimum absolute atomic E-state index is 0. The van der Waals surface area contributed by atoms with Crippen molar-refractivity contribution in [2.24, 2.45) is 0 Å². The number of rotatable bonds is 6. The summed E-state index contributed by atoms with van der Waals surface area (Å²) in [6.07, 6.45) is 4.47. The van der Waals surface area contributed by atoms with Gasteiger partial charge in [0.15, 0.2) is 0 Å². The summed E-state index contributed by atoms with van der Waals surface area (Å²) in [4.78, 5) is 2.33. The molecule has 0 unspecified atom stereocenters. The highest BCUT2D eigenvalue weighted by molar-refractivity contribution is 7.89. The van der Waals surface area contributed by atoms with E-state index in [9.17, 15) is 8.42 Å². The van der Waals surface area contributed by atoms with Crippen LogP contribution in [0.4, 0.5) is 0 Å². The van der Waals surface area contributed by atoms with Crippen LogP contribution >= 0.6 is 24.0 Å². The number of halogens is 2. The van der Waals surface area contributed by atoms with Gasteiger partial charge in [-0.3, -0.25) is 0 Å². The van der Waals surface area contributed by atoms with Crippen LogP contribution in [0.1, 0.15) is 28.2 Å². The first-order valence-corrected chi connectivity index (χ1v) is 11.9. The molecular formula is C24H26Cl2N2O3S. The lowest BCUT2D eigenvalue weighted by atomic mass is 10.1. The first-order valence-electron chi connectivity index (χ1n) is 10.1. The normalized spacial score (nSPS) is 14.5. The van der Waals surface area contributed by atoms with E-state index in [2.05, 4.69) is 0 Å². The molecule has 8 heteroatoms. The van der Waals surface area contributed by atoms with Crippen molar-refractivity contribution in [1.82, 2.24) is 9.21 Å². The molecule has 0 atom stereocenters. The molecule has 2 aromatic carbocycles. The first kappa shape index (κ1) is 24.6. The van der Waals surface area contributed by atoms with E-state index < -0.39 is 10.0 Å². The molecule has 1 aliphatic rings. The molecule has 170 valence electrons. The molecule has 2 heterocycles. The fraction of sp³-hybridized carbons (Fsp3) is 0.250.